The van der Waals surface area contributed by atoms with Crippen molar-refractivity contribution in [3.63, 3.8) is 0 Å². The molecule has 2 aliphatic rings. The summed E-state index contributed by atoms with van der Waals surface area (Å²) in [4.78, 5) is 0. The van der Waals surface area contributed by atoms with Crippen LogP contribution in [0, 0.1) is 17.8 Å². The summed E-state index contributed by atoms with van der Waals surface area (Å²) in [5, 5.41) is 0. The second-order valence-electron chi connectivity index (χ2n) is 4.02. The molecule has 0 aromatic carbocycles. The van der Waals surface area contributed by atoms with Crippen LogP contribution in [0.2, 0.25) is 0 Å². The molecule has 1 unspecified atom stereocenters. The van der Waals surface area contributed by atoms with Crippen LogP contribution in [-0.4, -0.2) is 3.92 Å². The number of alkyl halides is 1. The first-order chi connectivity index (χ1) is 4.77. The number of hydrogen-bond donors (Lipinski definition) is 0. The Morgan fingerprint density at radius 3 is 2.40 bits per heavy atom. The van der Waals surface area contributed by atoms with Crippen LogP contribution in [0.4, 0.5) is 0 Å². The second kappa shape index (κ2) is 2.65. The highest BCUT2D eigenvalue weighted by atomic mass is 127. The minimum Gasteiger partial charge on any atom is -0.0826 e. The average molecular weight is 250 g/mol. The van der Waals surface area contributed by atoms with Gasteiger partial charge < -0.3 is 0 Å². The molecule has 2 fully saturated rings. The summed E-state index contributed by atoms with van der Waals surface area (Å²) >= 11 is 2.60. The minimum absolute atomic E-state index is 0.924. The zero-order chi connectivity index (χ0) is 7.14. The maximum atomic E-state index is 2.60. The molecule has 4 atom stereocenters. The lowest BCUT2D eigenvalue weighted by Crippen LogP contribution is -2.17. The first-order valence-corrected chi connectivity index (χ1v) is 5.66. The van der Waals surface area contributed by atoms with Crippen molar-refractivity contribution in [1.82, 2.24) is 0 Å². The molecular formula is C9H15I. The molecule has 0 aromatic heterocycles. The molecule has 0 aliphatic heterocycles. The van der Waals surface area contributed by atoms with Crippen LogP contribution in [0.5, 0.6) is 0 Å². The van der Waals surface area contributed by atoms with E-state index in [1.54, 1.807) is 25.7 Å². The molecule has 2 rings (SSSR count). The van der Waals surface area contributed by atoms with Gasteiger partial charge in [-0.15, -0.1) is 0 Å². The second-order valence-corrected chi connectivity index (χ2v) is 5.98. The van der Waals surface area contributed by atoms with Gasteiger partial charge in [-0.1, -0.05) is 35.9 Å². The van der Waals surface area contributed by atoms with Gasteiger partial charge in [0, 0.05) is 3.92 Å². The third-order valence-corrected chi connectivity index (χ3v) is 4.31. The predicted octanol–water partition coefficient (Wildman–Crippen LogP) is 3.25. The van der Waals surface area contributed by atoms with Gasteiger partial charge in [-0.3, -0.25) is 0 Å². The number of rotatable bonds is 1. The van der Waals surface area contributed by atoms with Gasteiger partial charge in [0.05, 0.1) is 0 Å². The Labute approximate surface area is 76.9 Å². The summed E-state index contributed by atoms with van der Waals surface area (Å²) < 4.78 is 0.924. The smallest absolute Gasteiger partial charge is 0.0112 e. The van der Waals surface area contributed by atoms with Crippen molar-refractivity contribution in [2.75, 3.05) is 0 Å². The van der Waals surface area contributed by atoms with Crippen LogP contribution in [0.15, 0.2) is 0 Å². The van der Waals surface area contributed by atoms with Gasteiger partial charge in [0.25, 0.3) is 0 Å². The van der Waals surface area contributed by atoms with Gasteiger partial charge in [-0.05, 0) is 37.0 Å². The van der Waals surface area contributed by atoms with Gasteiger partial charge in [0.2, 0.25) is 0 Å². The van der Waals surface area contributed by atoms with E-state index in [9.17, 15) is 0 Å². The summed E-state index contributed by atoms with van der Waals surface area (Å²) in [5.74, 6) is 3.34. The number of hydrogen-bond acceptors (Lipinski definition) is 0. The fourth-order valence-corrected chi connectivity index (χ4v) is 3.74. The third-order valence-electron chi connectivity index (χ3n) is 3.38. The fraction of sp³-hybridized carbons (Fsp3) is 1.00. The first-order valence-electron chi connectivity index (χ1n) is 4.41. The van der Waals surface area contributed by atoms with E-state index in [2.05, 4.69) is 29.5 Å². The molecule has 2 saturated carbocycles. The topological polar surface area (TPSA) is 0 Å². The van der Waals surface area contributed by atoms with Crippen LogP contribution in [0.3, 0.4) is 0 Å². The molecule has 0 radical (unpaired) electrons. The predicted molar refractivity (Wildman–Crippen MR) is 52.4 cm³/mol. The maximum Gasteiger partial charge on any atom is 0.0112 e. The molecule has 2 aliphatic carbocycles. The molecule has 0 N–H and O–H groups in total. The molecule has 0 amide bonds. The Morgan fingerprint density at radius 2 is 2.10 bits per heavy atom. The first kappa shape index (κ1) is 7.38. The quantitative estimate of drug-likeness (QED) is 0.495. The van der Waals surface area contributed by atoms with Gasteiger partial charge in [0.15, 0.2) is 0 Å². The normalized spacial score (nSPS) is 48.0. The number of halogens is 1. The molecule has 0 saturated heterocycles. The van der Waals surface area contributed by atoms with E-state index < -0.39 is 0 Å². The largest absolute Gasteiger partial charge is 0.0826 e. The Bertz CT molecular complexity index is 131. The van der Waals surface area contributed by atoms with Crippen molar-refractivity contribution in [1.29, 1.82) is 0 Å². The molecule has 1 heteroatoms. The fourth-order valence-electron chi connectivity index (χ4n) is 2.86. The van der Waals surface area contributed by atoms with E-state index in [1.165, 1.54) is 0 Å². The van der Waals surface area contributed by atoms with Crippen LogP contribution >= 0.6 is 22.6 Å². The van der Waals surface area contributed by atoms with Crippen molar-refractivity contribution < 1.29 is 0 Å². The van der Waals surface area contributed by atoms with E-state index in [0.29, 0.717) is 0 Å². The van der Waals surface area contributed by atoms with Crippen molar-refractivity contribution in [3.8, 4) is 0 Å². The monoisotopic (exact) mass is 250 g/mol. The molecule has 10 heavy (non-hydrogen) atoms. The van der Waals surface area contributed by atoms with Crippen LogP contribution in [-0.2, 0) is 0 Å². The SMILES string of the molecule is CC(I)[C@H]1C[C@@H]2CC[C@H]1C2. The highest BCUT2D eigenvalue weighted by molar-refractivity contribution is 14.1. The summed E-state index contributed by atoms with van der Waals surface area (Å²) in [7, 11) is 0. The molecule has 2 bridgehead atoms. The molecular weight excluding hydrogens is 235 g/mol. The zero-order valence-corrected chi connectivity index (χ0v) is 8.67. The molecule has 58 valence electrons. The Morgan fingerprint density at radius 1 is 1.30 bits per heavy atom. The van der Waals surface area contributed by atoms with Crippen LogP contribution in [0.1, 0.15) is 32.6 Å². The van der Waals surface area contributed by atoms with E-state index in [0.717, 1.165) is 21.7 Å². The van der Waals surface area contributed by atoms with Gasteiger partial charge >= 0.3 is 0 Å². The lowest BCUT2D eigenvalue weighted by Gasteiger charge is -2.23. The van der Waals surface area contributed by atoms with E-state index >= 15 is 0 Å². The minimum atomic E-state index is 0.924. The Balaban J connectivity index is 2.02. The summed E-state index contributed by atoms with van der Waals surface area (Å²) in [6, 6.07) is 0. The zero-order valence-electron chi connectivity index (χ0n) is 6.52. The van der Waals surface area contributed by atoms with Crippen molar-refractivity contribution in [2.45, 2.75) is 36.5 Å². The highest BCUT2D eigenvalue weighted by Crippen LogP contribution is 2.50. The van der Waals surface area contributed by atoms with Crippen molar-refractivity contribution >= 4 is 22.6 Å². The van der Waals surface area contributed by atoms with Gasteiger partial charge in [-0.2, -0.15) is 0 Å². The standard InChI is InChI=1S/C9H15I/c1-6(10)9-5-7-2-3-8(9)4-7/h6-9H,2-5H2,1H3/t6?,7-,8+,9-/m1/s1. The van der Waals surface area contributed by atoms with E-state index in [1.807, 2.05) is 0 Å². The lowest BCUT2D eigenvalue weighted by molar-refractivity contribution is 0.338. The van der Waals surface area contributed by atoms with Gasteiger partial charge in [0.1, 0.15) is 0 Å². The summed E-state index contributed by atoms with van der Waals surface area (Å²) in [6.45, 7) is 2.38. The molecule has 0 heterocycles. The number of fused-ring (bicyclic) bond motifs is 2. The maximum absolute atomic E-state index is 2.60. The lowest BCUT2D eigenvalue weighted by atomic mass is 9.87. The van der Waals surface area contributed by atoms with E-state index in [-0.39, 0.29) is 0 Å². The van der Waals surface area contributed by atoms with Crippen molar-refractivity contribution in [3.05, 3.63) is 0 Å². The molecule has 0 nitrogen and oxygen atoms in total. The third kappa shape index (κ3) is 1.10. The van der Waals surface area contributed by atoms with E-state index in [4.69, 9.17) is 0 Å². The summed E-state index contributed by atoms with van der Waals surface area (Å²) in [5.41, 5.74) is 0. The van der Waals surface area contributed by atoms with Gasteiger partial charge in [-0.25, -0.2) is 0 Å². The summed E-state index contributed by atoms with van der Waals surface area (Å²) in [6.07, 6.45) is 6.21. The molecule has 0 spiro atoms. The van der Waals surface area contributed by atoms with Crippen molar-refractivity contribution in [2.24, 2.45) is 17.8 Å². The van der Waals surface area contributed by atoms with Crippen LogP contribution < -0.4 is 0 Å². The highest BCUT2D eigenvalue weighted by Gasteiger charge is 2.40. The molecule has 0 aromatic rings. The Hall–Kier alpha value is 0.730. The average Bonchev–Trinajstić information content (AvgIpc) is 2.44. The van der Waals surface area contributed by atoms with Crippen LogP contribution in [0.25, 0.3) is 0 Å². The Kier molecular flexibility index (Phi) is 1.96.